The number of rotatable bonds is 8. The Morgan fingerprint density at radius 3 is 2.45 bits per heavy atom. The molecule has 1 aliphatic heterocycles. The number of nitrogens with zero attached hydrogens (tertiary/aromatic N) is 3. The van der Waals surface area contributed by atoms with E-state index < -0.39 is 4.92 Å². The molecule has 40 heavy (non-hydrogen) atoms. The fourth-order valence-electron chi connectivity index (χ4n) is 4.63. The molecule has 0 bridgehead atoms. The van der Waals surface area contributed by atoms with Gasteiger partial charge in [0.2, 0.25) is 5.91 Å². The van der Waals surface area contributed by atoms with Crippen LogP contribution in [0.25, 0.3) is 17.4 Å². The maximum atomic E-state index is 12.5. The number of hydrogen-bond donors (Lipinski definition) is 1. The summed E-state index contributed by atoms with van der Waals surface area (Å²) in [7, 11) is 0. The lowest BCUT2D eigenvalue weighted by atomic mass is 10.1. The number of piperazine rings is 1. The molecular formula is C30H26Cl2N4O4. The van der Waals surface area contributed by atoms with Gasteiger partial charge < -0.3 is 14.6 Å². The molecule has 10 heteroatoms. The van der Waals surface area contributed by atoms with E-state index in [4.69, 9.17) is 27.6 Å². The van der Waals surface area contributed by atoms with E-state index in [9.17, 15) is 14.9 Å². The first-order valence-electron chi connectivity index (χ1n) is 12.7. The van der Waals surface area contributed by atoms with Gasteiger partial charge in [0.1, 0.15) is 11.5 Å². The third-order valence-electron chi connectivity index (χ3n) is 6.67. The van der Waals surface area contributed by atoms with Crippen molar-refractivity contribution in [2.24, 2.45) is 0 Å². The van der Waals surface area contributed by atoms with Crippen LogP contribution in [0.15, 0.2) is 89.4 Å². The largest absolute Gasteiger partial charge is 0.456 e. The first-order chi connectivity index (χ1) is 19.4. The average molecular weight is 577 g/mol. The number of nitro groups is 1. The van der Waals surface area contributed by atoms with Crippen molar-refractivity contribution < 1.29 is 14.1 Å². The van der Waals surface area contributed by atoms with Gasteiger partial charge in [-0.05, 0) is 54.1 Å². The van der Waals surface area contributed by atoms with Crippen LogP contribution in [-0.2, 0) is 11.3 Å². The highest BCUT2D eigenvalue weighted by Crippen LogP contribution is 2.32. The summed E-state index contributed by atoms with van der Waals surface area (Å²) in [5.41, 5.74) is 2.93. The Hall–Kier alpha value is -4.11. The molecule has 0 saturated carbocycles. The lowest BCUT2D eigenvalue weighted by Crippen LogP contribution is -2.46. The molecule has 2 heterocycles. The van der Waals surface area contributed by atoms with E-state index in [1.54, 1.807) is 36.4 Å². The minimum absolute atomic E-state index is 0.0515. The van der Waals surface area contributed by atoms with Gasteiger partial charge in [0.15, 0.2) is 0 Å². The van der Waals surface area contributed by atoms with Crippen molar-refractivity contribution >= 4 is 52.2 Å². The van der Waals surface area contributed by atoms with Crippen molar-refractivity contribution in [1.82, 2.24) is 4.90 Å². The molecule has 8 nitrogen and oxygen atoms in total. The van der Waals surface area contributed by atoms with Gasteiger partial charge in [0, 0.05) is 55.6 Å². The Morgan fingerprint density at radius 1 is 0.950 bits per heavy atom. The van der Waals surface area contributed by atoms with E-state index in [0.29, 0.717) is 27.8 Å². The normalized spacial score (nSPS) is 14.0. The lowest BCUT2D eigenvalue weighted by molar-refractivity contribution is -0.384. The van der Waals surface area contributed by atoms with Crippen molar-refractivity contribution in [3.8, 4) is 11.3 Å². The number of nitro benzene ring substituents is 1. The highest BCUT2D eigenvalue weighted by molar-refractivity contribution is 6.33. The number of furan rings is 1. The second kappa shape index (κ2) is 12.4. The Balaban J connectivity index is 1.16. The van der Waals surface area contributed by atoms with Crippen LogP contribution >= 0.6 is 23.2 Å². The second-order valence-corrected chi connectivity index (χ2v) is 10.1. The number of amides is 1. The predicted octanol–water partition coefficient (Wildman–Crippen LogP) is 7.14. The molecule has 0 aliphatic carbocycles. The van der Waals surface area contributed by atoms with Gasteiger partial charge in [-0.1, -0.05) is 53.5 Å². The summed E-state index contributed by atoms with van der Waals surface area (Å²) in [5.74, 6) is 0.380. The number of nitrogens with one attached hydrogen (secondary N) is 1. The number of benzene rings is 3. The lowest BCUT2D eigenvalue weighted by Gasteiger charge is -2.36. The fourth-order valence-corrected chi connectivity index (χ4v) is 5.12. The van der Waals surface area contributed by atoms with Crippen LogP contribution in [-0.4, -0.2) is 41.9 Å². The molecule has 5 rings (SSSR count). The highest BCUT2D eigenvalue weighted by atomic mass is 35.5. The molecule has 1 amide bonds. The zero-order valence-corrected chi connectivity index (χ0v) is 22.9. The van der Waals surface area contributed by atoms with Crippen molar-refractivity contribution in [3.05, 3.63) is 116 Å². The van der Waals surface area contributed by atoms with Crippen LogP contribution in [0.2, 0.25) is 10.0 Å². The minimum Gasteiger partial charge on any atom is -0.456 e. The van der Waals surface area contributed by atoms with Crippen LogP contribution in [0.5, 0.6) is 0 Å². The summed E-state index contributed by atoms with van der Waals surface area (Å²) < 4.78 is 5.70. The van der Waals surface area contributed by atoms with Crippen LogP contribution in [0, 0.1) is 10.1 Å². The number of hydrogen-bond acceptors (Lipinski definition) is 6. The number of para-hydroxylation sites is 1. The SMILES string of the molecule is O=C(/C=C/c1ccc(-c2ccccc2[N+](=O)[O-])o1)Nc1ccc(N2CCN(Cc3ccccc3Cl)CC2)c(Cl)c1. The van der Waals surface area contributed by atoms with Gasteiger partial charge in [-0.3, -0.25) is 19.8 Å². The van der Waals surface area contributed by atoms with E-state index in [0.717, 1.165) is 49.0 Å². The number of anilines is 2. The van der Waals surface area contributed by atoms with Crippen molar-refractivity contribution in [2.75, 3.05) is 36.4 Å². The van der Waals surface area contributed by atoms with Crippen LogP contribution in [0.4, 0.5) is 17.1 Å². The van der Waals surface area contributed by atoms with Gasteiger partial charge in [-0.25, -0.2) is 0 Å². The molecule has 3 aromatic carbocycles. The topological polar surface area (TPSA) is 91.9 Å². The van der Waals surface area contributed by atoms with E-state index in [2.05, 4.69) is 21.2 Å². The molecule has 1 N–H and O–H groups in total. The zero-order valence-electron chi connectivity index (χ0n) is 21.4. The van der Waals surface area contributed by atoms with Gasteiger partial charge in [0.05, 0.1) is 21.2 Å². The molecule has 0 atom stereocenters. The summed E-state index contributed by atoms with van der Waals surface area (Å²) >= 11 is 12.9. The number of carbonyl (C=O) groups is 1. The summed E-state index contributed by atoms with van der Waals surface area (Å²) in [6.45, 7) is 4.24. The molecule has 1 fully saturated rings. The second-order valence-electron chi connectivity index (χ2n) is 9.32. The maximum Gasteiger partial charge on any atom is 0.280 e. The van der Waals surface area contributed by atoms with Gasteiger partial charge in [-0.15, -0.1) is 0 Å². The van der Waals surface area contributed by atoms with Crippen molar-refractivity contribution in [3.63, 3.8) is 0 Å². The van der Waals surface area contributed by atoms with E-state index in [1.807, 2.05) is 30.3 Å². The van der Waals surface area contributed by atoms with Crippen LogP contribution in [0.3, 0.4) is 0 Å². The van der Waals surface area contributed by atoms with Crippen molar-refractivity contribution in [2.45, 2.75) is 6.54 Å². The van der Waals surface area contributed by atoms with Gasteiger partial charge in [0.25, 0.3) is 5.69 Å². The molecule has 1 aromatic heterocycles. The third-order valence-corrected chi connectivity index (χ3v) is 7.34. The third kappa shape index (κ3) is 6.54. The quantitative estimate of drug-likeness (QED) is 0.136. The summed E-state index contributed by atoms with van der Waals surface area (Å²) in [4.78, 5) is 28.0. The smallest absolute Gasteiger partial charge is 0.280 e. The molecule has 0 unspecified atom stereocenters. The van der Waals surface area contributed by atoms with E-state index >= 15 is 0 Å². The Bertz CT molecular complexity index is 1560. The molecule has 4 aromatic rings. The fraction of sp³-hybridized carbons (Fsp3) is 0.167. The van der Waals surface area contributed by atoms with Crippen LogP contribution in [0.1, 0.15) is 11.3 Å². The molecule has 1 saturated heterocycles. The standard InChI is InChI=1S/C30H26Cl2N4O4/c31-25-7-3-1-5-21(25)20-34-15-17-35(18-16-34)28-12-9-22(19-26(28)32)33-30(37)14-11-23-10-13-29(40-23)24-6-2-4-8-27(24)36(38)39/h1-14,19H,15-18,20H2,(H,33,37)/b14-11+. The Kier molecular flexibility index (Phi) is 8.50. The van der Waals surface area contributed by atoms with E-state index in [-0.39, 0.29) is 11.6 Å². The maximum absolute atomic E-state index is 12.5. The van der Waals surface area contributed by atoms with Gasteiger partial charge in [-0.2, -0.15) is 0 Å². The molecular weight excluding hydrogens is 551 g/mol. The number of halogens is 2. The van der Waals surface area contributed by atoms with E-state index in [1.165, 1.54) is 18.2 Å². The monoisotopic (exact) mass is 576 g/mol. The Morgan fingerprint density at radius 2 is 1.70 bits per heavy atom. The first kappa shape index (κ1) is 27.5. The highest BCUT2D eigenvalue weighted by Gasteiger charge is 2.20. The summed E-state index contributed by atoms with van der Waals surface area (Å²) in [5, 5.41) is 15.4. The minimum atomic E-state index is -0.459. The summed E-state index contributed by atoms with van der Waals surface area (Å²) in [6.07, 6.45) is 2.84. The average Bonchev–Trinajstić information content (AvgIpc) is 3.43. The van der Waals surface area contributed by atoms with Crippen LogP contribution < -0.4 is 10.2 Å². The molecule has 204 valence electrons. The molecule has 1 aliphatic rings. The molecule has 0 spiro atoms. The first-order valence-corrected chi connectivity index (χ1v) is 13.5. The zero-order chi connectivity index (χ0) is 28.1. The van der Waals surface area contributed by atoms with Gasteiger partial charge >= 0.3 is 0 Å². The Labute approximate surface area is 241 Å². The number of carbonyl (C=O) groups excluding carboxylic acids is 1. The summed E-state index contributed by atoms with van der Waals surface area (Å²) in [6, 6.07) is 23.0. The molecule has 0 radical (unpaired) electrons. The predicted molar refractivity (Wildman–Crippen MR) is 159 cm³/mol. The van der Waals surface area contributed by atoms with Crippen molar-refractivity contribution in [1.29, 1.82) is 0 Å².